The number of Topliss-reactive ketones (excluding diaryl/α,β-unsaturated/α-hetero) is 1. The molecule has 1 aliphatic carbocycles. The van der Waals surface area contributed by atoms with E-state index in [4.69, 9.17) is 11.6 Å². The number of benzene rings is 3. The standard InChI is InChI=1S/C28H26ClNO2/c1-17-11-12-19(13-23(17)29)30-24-15-28(2,3)16-25(31)27(24)22(14-26(30)32)21-10-6-8-18-7-4-5-9-20(18)21/h4-13,22H,14-16H2,1-3H3. The number of carbonyl (C=O) groups is 2. The van der Waals surface area contributed by atoms with Gasteiger partial charge in [-0.25, -0.2) is 0 Å². The van der Waals surface area contributed by atoms with Gasteiger partial charge < -0.3 is 0 Å². The summed E-state index contributed by atoms with van der Waals surface area (Å²) in [5.41, 5.74) is 4.17. The van der Waals surface area contributed by atoms with Crippen LogP contribution in [0.4, 0.5) is 5.69 Å². The Kier molecular flexibility index (Phi) is 4.98. The largest absolute Gasteiger partial charge is 0.294 e. The molecule has 2 aliphatic rings. The highest BCUT2D eigenvalue weighted by atomic mass is 35.5. The van der Waals surface area contributed by atoms with Crippen molar-refractivity contribution < 1.29 is 9.59 Å². The Labute approximate surface area is 193 Å². The first-order valence-corrected chi connectivity index (χ1v) is 11.5. The number of nitrogens with zero attached hydrogens (tertiary/aromatic N) is 1. The van der Waals surface area contributed by atoms with E-state index in [0.29, 0.717) is 17.9 Å². The topological polar surface area (TPSA) is 37.4 Å². The summed E-state index contributed by atoms with van der Waals surface area (Å²) in [5.74, 6) is -0.0821. The van der Waals surface area contributed by atoms with Crippen LogP contribution in [-0.4, -0.2) is 11.7 Å². The number of amides is 1. The third-order valence-electron chi connectivity index (χ3n) is 6.76. The Hall–Kier alpha value is -2.91. The molecule has 1 aliphatic heterocycles. The predicted molar refractivity (Wildman–Crippen MR) is 130 cm³/mol. The normalized spacial score (nSPS) is 20.6. The van der Waals surface area contributed by atoms with Gasteiger partial charge >= 0.3 is 0 Å². The molecule has 1 unspecified atom stereocenters. The Morgan fingerprint density at radius 3 is 2.50 bits per heavy atom. The molecule has 1 amide bonds. The molecule has 0 saturated carbocycles. The summed E-state index contributed by atoms with van der Waals surface area (Å²) in [5, 5.41) is 2.84. The summed E-state index contributed by atoms with van der Waals surface area (Å²) in [4.78, 5) is 28.9. The molecule has 1 heterocycles. The maximum absolute atomic E-state index is 13.6. The molecule has 0 N–H and O–H groups in total. The fraction of sp³-hybridized carbons (Fsp3) is 0.286. The third-order valence-corrected chi connectivity index (χ3v) is 7.16. The lowest BCUT2D eigenvalue weighted by molar-refractivity contribution is -0.120. The van der Waals surface area contributed by atoms with Crippen LogP contribution in [-0.2, 0) is 9.59 Å². The van der Waals surface area contributed by atoms with Gasteiger partial charge in [-0.15, -0.1) is 0 Å². The molecule has 0 bridgehead atoms. The second kappa shape index (κ2) is 7.60. The van der Waals surface area contributed by atoms with Crippen molar-refractivity contribution in [3.05, 3.63) is 88.1 Å². The summed E-state index contributed by atoms with van der Waals surface area (Å²) in [6.07, 6.45) is 1.43. The van der Waals surface area contributed by atoms with E-state index in [1.807, 2.05) is 43.3 Å². The van der Waals surface area contributed by atoms with E-state index in [-0.39, 0.29) is 29.4 Å². The number of aryl methyl sites for hydroxylation is 1. The molecule has 5 rings (SSSR count). The van der Waals surface area contributed by atoms with Crippen molar-refractivity contribution in [2.75, 3.05) is 4.90 Å². The van der Waals surface area contributed by atoms with E-state index in [1.54, 1.807) is 4.90 Å². The van der Waals surface area contributed by atoms with Crippen molar-refractivity contribution >= 4 is 39.8 Å². The summed E-state index contributed by atoms with van der Waals surface area (Å²) < 4.78 is 0. The second-order valence-corrected chi connectivity index (χ2v) is 10.2. The van der Waals surface area contributed by atoms with Crippen LogP contribution in [0.1, 0.15) is 50.2 Å². The summed E-state index contributed by atoms with van der Waals surface area (Å²) in [6, 6.07) is 20.0. The van der Waals surface area contributed by atoms with Gasteiger partial charge in [0.25, 0.3) is 0 Å². The maximum atomic E-state index is 13.6. The quantitative estimate of drug-likeness (QED) is 0.429. The van der Waals surface area contributed by atoms with Gasteiger partial charge in [0.1, 0.15) is 0 Å². The zero-order chi connectivity index (χ0) is 22.6. The molecule has 32 heavy (non-hydrogen) atoms. The fourth-order valence-electron chi connectivity index (χ4n) is 5.26. The van der Waals surface area contributed by atoms with Crippen molar-refractivity contribution in [1.29, 1.82) is 0 Å². The molecule has 0 spiro atoms. The second-order valence-electron chi connectivity index (χ2n) is 9.79. The van der Waals surface area contributed by atoms with Gasteiger partial charge in [0.2, 0.25) is 5.91 Å². The zero-order valence-electron chi connectivity index (χ0n) is 18.6. The monoisotopic (exact) mass is 443 g/mol. The van der Waals surface area contributed by atoms with E-state index >= 15 is 0 Å². The Bertz CT molecular complexity index is 1300. The smallest absolute Gasteiger partial charge is 0.232 e. The fourth-order valence-corrected chi connectivity index (χ4v) is 5.43. The van der Waals surface area contributed by atoms with Crippen molar-refractivity contribution in [1.82, 2.24) is 0 Å². The first-order chi connectivity index (χ1) is 15.2. The molecular formula is C28H26ClNO2. The number of rotatable bonds is 2. The highest BCUT2D eigenvalue weighted by Gasteiger charge is 2.44. The lowest BCUT2D eigenvalue weighted by Gasteiger charge is -2.43. The highest BCUT2D eigenvalue weighted by molar-refractivity contribution is 6.31. The highest BCUT2D eigenvalue weighted by Crippen LogP contribution is 2.49. The zero-order valence-corrected chi connectivity index (χ0v) is 19.4. The van der Waals surface area contributed by atoms with E-state index in [9.17, 15) is 9.59 Å². The number of ketones is 1. The SMILES string of the molecule is Cc1ccc(N2C(=O)CC(c3cccc4ccccc34)C3=C2CC(C)(C)CC3=O)cc1Cl. The van der Waals surface area contributed by atoms with Crippen molar-refractivity contribution in [3.63, 3.8) is 0 Å². The molecule has 0 saturated heterocycles. The molecular weight excluding hydrogens is 418 g/mol. The Balaban J connectivity index is 1.74. The Morgan fingerprint density at radius 2 is 1.72 bits per heavy atom. The van der Waals surface area contributed by atoms with Crippen molar-refractivity contribution in [3.8, 4) is 0 Å². The first-order valence-electron chi connectivity index (χ1n) is 11.1. The predicted octanol–water partition coefficient (Wildman–Crippen LogP) is 6.97. The van der Waals surface area contributed by atoms with Crippen LogP contribution in [0.5, 0.6) is 0 Å². The lowest BCUT2D eigenvalue weighted by Crippen LogP contribution is -2.43. The minimum Gasteiger partial charge on any atom is -0.294 e. The number of carbonyl (C=O) groups excluding carboxylic acids is 2. The molecule has 4 heteroatoms. The van der Waals surface area contributed by atoms with E-state index in [0.717, 1.165) is 38.9 Å². The van der Waals surface area contributed by atoms with Gasteiger partial charge in [-0.2, -0.15) is 0 Å². The van der Waals surface area contributed by atoms with Gasteiger partial charge in [-0.1, -0.05) is 74.0 Å². The van der Waals surface area contributed by atoms with Gasteiger partial charge in [-0.3, -0.25) is 14.5 Å². The Morgan fingerprint density at radius 1 is 0.969 bits per heavy atom. The van der Waals surface area contributed by atoms with Crippen molar-refractivity contribution in [2.24, 2.45) is 5.41 Å². The molecule has 3 aromatic carbocycles. The van der Waals surface area contributed by atoms with Gasteiger partial charge in [0.05, 0.1) is 5.69 Å². The van der Waals surface area contributed by atoms with Crippen LogP contribution in [0.15, 0.2) is 71.9 Å². The molecule has 0 radical (unpaired) electrons. The molecule has 0 aromatic heterocycles. The maximum Gasteiger partial charge on any atom is 0.232 e. The minimum absolute atomic E-state index is 0.00658. The summed E-state index contributed by atoms with van der Waals surface area (Å²) in [6.45, 7) is 6.14. The molecule has 0 fully saturated rings. The van der Waals surface area contributed by atoms with Crippen LogP contribution in [0.3, 0.4) is 0 Å². The van der Waals surface area contributed by atoms with E-state index in [2.05, 4.69) is 38.1 Å². The number of hydrogen-bond acceptors (Lipinski definition) is 2. The van der Waals surface area contributed by atoms with Crippen LogP contribution in [0.2, 0.25) is 5.02 Å². The summed E-state index contributed by atoms with van der Waals surface area (Å²) >= 11 is 6.41. The van der Waals surface area contributed by atoms with Crippen LogP contribution in [0, 0.1) is 12.3 Å². The third kappa shape index (κ3) is 3.45. The average molecular weight is 444 g/mol. The van der Waals surface area contributed by atoms with Crippen molar-refractivity contribution in [2.45, 2.75) is 46.0 Å². The van der Waals surface area contributed by atoms with Gasteiger partial charge in [0.15, 0.2) is 5.78 Å². The number of hydrogen-bond donors (Lipinski definition) is 0. The number of fused-ring (bicyclic) bond motifs is 1. The first kappa shape index (κ1) is 21.0. The molecule has 1 atom stereocenters. The average Bonchev–Trinajstić information content (AvgIpc) is 2.74. The molecule has 3 nitrogen and oxygen atoms in total. The molecule has 3 aromatic rings. The van der Waals surface area contributed by atoms with Gasteiger partial charge in [-0.05, 0) is 52.8 Å². The minimum atomic E-state index is -0.232. The van der Waals surface area contributed by atoms with Crippen LogP contribution < -0.4 is 4.90 Å². The molecule has 162 valence electrons. The number of halogens is 1. The lowest BCUT2D eigenvalue weighted by atomic mass is 9.69. The van der Waals surface area contributed by atoms with E-state index < -0.39 is 0 Å². The number of allylic oxidation sites excluding steroid dienone is 2. The summed E-state index contributed by atoms with van der Waals surface area (Å²) in [7, 11) is 0. The van der Waals surface area contributed by atoms with Crippen LogP contribution >= 0.6 is 11.6 Å². The van der Waals surface area contributed by atoms with Gasteiger partial charge in [0, 0.05) is 35.1 Å². The van der Waals surface area contributed by atoms with E-state index in [1.165, 1.54) is 0 Å². The number of anilines is 1. The van der Waals surface area contributed by atoms with Crippen LogP contribution in [0.25, 0.3) is 10.8 Å².